The van der Waals surface area contributed by atoms with Gasteiger partial charge in [0, 0.05) is 0 Å². The molecule has 0 N–H and O–H groups in total. The molecule has 0 aromatic heterocycles. The van der Waals surface area contributed by atoms with Crippen molar-refractivity contribution in [3.63, 3.8) is 0 Å². The average molecular weight is 169 g/mol. The average Bonchev–Trinajstić information content (AvgIpc) is 2.56. The summed E-state index contributed by atoms with van der Waals surface area (Å²) in [5.74, 6) is 0.186. The van der Waals surface area contributed by atoms with E-state index in [1.165, 1.54) is 12.8 Å². The molecule has 0 aromatic carbocycles. The first-order valence-electron chi connectivity index (χ1n) is 4.74. The molecule has 0 unspecified atom stereocenters. The van der Waals surface area contributed by atoms with Crippen LogP contribution in [0.5, 0.6) is 0 Å². The lowest BCUT2D eigenvalue weighted by Gasteiger charge is -2.13. The first kappa shape index (κ1) is 9.56. The molecule has 1 fully saturated rings. The second-order valence-electron chi connectivity index (χ2n) is 3.46. The maximum atomic E-state index is 11.4. The van der Waals surface area contributed by atoms with E-state index in [-0.39, 0.29) is 18.0 Å². The summed E-state index contributed by atoms with van der Waals surface area (Å²) >= 11 is 0. The molecule has 0 bridgehead atoms. The SMILES string of the molecule is C[CH][C@H](C)OC(=O)C1CCCC1. The lowest BCUT2D eigenvalue weighted by atomic mass is 10.1. The first-order valence-corrected chi connectivity index (χ1v) is 4.74. The molecule has 1 aliphatic rings. The highest BCUT2D eigenvalue weighted by molar-refractivity contribution is 5.72. The Kier molecular flexibility index (Phi) is 3.57. The van der Waals surface area contributed by atoms with E-state index in [0.29, 0.717) is 0 Å². The highest BCUT2D eigenvalue weighted by atomic mass is 16.5. The lowest BCUT2D eigenvalue weighted by molar-refractivity contribution is -0.151. The summed E-state index contributed by atoms with van der Waals surface area (Å²) in [6.07, 6.45) is 6.28. The largest absolute Gasteiger partial charge is 0.462 e. The zero-order valence-electron chi connectivity index (χ0n) is 7.88. The number of esters is 1. The molecular weight excluding hydrogens is 152 g/mol. The number of carbonyl (C=O) groups is 1. The molecule has 1 saturated carbocycles. The molecule has 69 valence electrons. The molecule has 0 aromatic rings. The van der Waals surface area contributed by atoms with Crippen molar-refractivity contribution < 1.29 is 9.53 Å². The van der Waals surface area contributed by atoms with Crippen molar-refractivity contribution in [3.05, 3.63) is 6.42 Å². The standard InChI is InChI=1S/C10H17O2/c1-3-8(2)12-10(11)9-6-4-5-7-9/h3,8-9H,4-7H2,1-2H3/t8-/m0/s1. The van der Waals surface area contributed by atoms with E-state index in [0.717, 1.165) is 12.8 Å². The maximum Gasteiger partial charge on any atom is 0.309 e. The van der Waals surface area contributed by atoms with Gasteiger partial charge in [-0.05, 0) is 26.2 Å². The van der Waals surface area contributed by atoms with Crippen LogP contribution in [-0.2, 0) is 9.53 Å². The summed E-state index contributed by atoms with van der Waals surface area (Å²) in [6, 6.07) is 0. The first-order chi connectivity index (χ1) is 5.74. The van der Waals surface area contributed by atoms with E-state index < -0.39 is 0 Å². The van der Waals surface area contributed by atoms with E-state index in [1.54, 1.807) is 0 Å². The van der Waals surface area contributed by atoms with Crippen LogP contribution in [0.1, 0.15) is 39.5 Å². The van der Waals surface area contributed by atoms with Crippen molar-refractivity contribution in [2.45, 2.75) is 45.6 Å². The topological polar surface area (TPSA) is 26.3 Å². The van der Waals surface area contributed by atoms with Gasteiger partial charge < -0.3 is 4.74 Å². The Morgan fingerprint density at radius 2 is 2.08 bits per heavy atom. The van der Waals surface area contributed by atoms with Crippen molar-refractivity contribution >= 4 is 5.97 Å². The van der Waals surface area contributed by atoms with Crippen LogP contribution in [0, 0.1) is 12.3 Å². The normalized spacial score (nSPS) is 20.8. The van der Waals surface area contributed by atoms with Gasteiger partial charge in [0.1, 0.15) is 6.10 Å². The van der Waals surface area contributed by atoms with Crippen LogP contribution in [-0.4, -0.2) is 12.1 Å². The molecule has 1 atom stereocenters. The van der Waals surface area contributed by atoms with Crippen LogP contribution in [0.3, 0.4) is 0 Å². The number of rotatable bonds is 3. The van der Waals surface area contributed by atoms with E-state index in [1.807, 2.05) is 20.3 Å². The predicted molar refractivity (Wildman–Crippen MR) is 47.5 cm³/mol. The number of hydrogen-bond acceptors (Lipinski definition) is 2. The monoisotopic (exact) mass is 169 g/mol. The van der Waals surface area contributed by atoms with Gasteiger partial charge in [0.25, 0.3) is 0 Å². The van der Waals surface area contributed by atoms with Gasteiger partial charge in [0.05, 0.1) is 5.92 Å². The molecule has 0 amide bonds. The smallest absolute Gasteiger partial charge is 0.309 e. The lowest BCUT2D eigenvalue weighted by Crippen LogP contribution is -2.20. The minimum atomic E-state index is -0.0295. The highest BCUT2D eigenvalue weighted by Crippen LogP contribution is 2.26. The molecule has 2 heteroatoms. The van der Waals surface area contributed by atoms with Gasteiger partial charge in [-0.3, -0.25) is 4.79 Å². The summed E-state index contributed by atoms with van der Waals surface area (Å²) < 4.78 is 5.19. The Balaban J connectivity index is 2.27. The van der Waals surface area contributed by atoms with E-state index in [9.17, 15) is 4.79 Å². The fourth-order valence-corrected chi connectivity index (χ4v) is 1.51. The molecule has 1 rings (SSSR count). The molecular formula is C10H17O2. The van der Waals surface area contributed by atoms with E-state index in [2.05, 4.69) is 0 Å². The minimum absolute atomic E-state index is 0.00176. The molecule has 0 saturated heterocycles. The zero-order chi connectivity index (χ0) is 8.97. The Morgan fingerprint density at radius 3 is 2.58 bits per heavy atom. The molecule has 1 aliphatic carbocycles. The van der Waals surface area contributed by atoms with Crippen LogP contribution in [0.25, 0.3) is 0 Å². The summed E-state index contributed by atoms with van der Waals surface area (Å²) in [4.78, 5) is 11.4. The van der Waals surface area contributed by atoms with Gasteiger partial charge in [0.15, 0.2) is 0 Å². The summed E-state index contributed by atoms with van der Waals surface area (Å²) in [6.45, 7) is 3.81. The van der Waals surface area contributed by atoms with E-state index in [4.69, 9.17) is 4.74 Å². The van der Waals surface area contributed by atoms with Crippen LogP contribution in [0.2, 0.25) is 0 Å². The minimum Gasteiger partial charge on any atom is -0.462 e. The zero-order valence-corrected chi connectivity index (χ0v) is 7.88. The van der Waals surface area contributed by atoms with Crippen LogP contribution in [0.4, 0.5) is 0 Å². The Hall–Kier alpha value is -0.530. The molecule has 0 heterocycles. The van der Waals surface area contributed by atoms with Gasteiger partial charge in [-0.25, -0.2) is 0 Å². The van der Waals surface area contributed by atoms with Gasteiger partial charge in [-0.2, -0.15) is 0 Å². The van der Waals surface area contributed by atoms with Crippen molar-refractivity contribution in [2.75, 3.05) is 0 Å². The summed E-state index contributed by atoms with van der Waals surface area (Å²) in [5, 5.41) is 0. The van der Waals surface area contributed by atoms with Gasteiger partial charge in [-0.1, -0.05) is 19.8 Å². The van der Waals surface area contributed by atoms with Crippen LogP contribution in [0.15, 0.2) is 0 Å². The third-order valence-corrected chi connectivity index (χ3v) is 2.46. The maximum absolute atomic E-state index is 11.4. The number of carbonyl (C=O) groups excluding carboxylic acids is 1. The molecule has 0 spiro atoms. The number of hydrogen-bond donors (Lipinski definition) is 0. The van der Waals surface area contributed by atoms with Gasteiger partial charge >= 0.3 is 5.97 Å². The van der Waals surface area contributed by atoms with E-state index >= 15 is 0 Å². The van der Waals surface area contributed by atoms with Crippen LogP contribution < -0.4 is 0 Å². The quantitative estimate of drug-likeness (QED) is 0.606. The van der Waals surface area contributed by atoms with Gasteiger partial charge in [0.2, 0.25) is 0 Å². The second kappa shape index (κ2) is 4.48. The van der Waals surface area contributed by atoms with Crippen molar-refractivity contribution in [2.24, 2.45) is 5.92 Å². The summed E-state index contributed by atoms with van der Waals surface area (Å²) in [7, 11) is 0. The molecule has 1 radical (unpaired) electrons. The van der Waals surface area contributed by atoms with Crippen molar-refractivity contribution in [3.8, 4) is 0 Å². The molecule has 0 aliphatic heterocycles. The second-order valence-corrected chi connectivity index (χ2v) is 3.46. The van der Waals surface area contributed by atoms with Crippen molar-refractivity contribution in [1.82, 2.24) is 0 Å². The fraction of sp³-hybridized carbons (Fsp3) is 0.800. The predicted octanol–water partition coefficient (Wildman–Crippen LogP) is 2.33. The molecule has 2 nitrogen and oxygen atoms in total. The Morgan fingerprint density at radius 1 is 1.50 bits per heavy atom. The highest BCUT2D eigenvalue weighted by Gasteiger charge is 2.24. The number of ether oxygens (including phenoxy) is 1. The molecule has 12 heavy (non-hydrogen) atoms. The summed E-state index contributed by atoms with van der Waals surface area (Å²) in [5.41, 5.74) is 0. The third-order valence-electron chi connectivity index (χ3n) is 2.46. The Bertz CT molecular complexity index is 148. The fourth-order valence-electron chi connectivity index (χ4n) is 1.51. The Labute approximate surface area is 74.3 Å². The van der Waals surface area contributed by atoms with Crippen LogP contribution >= 0.6 is 0 Å². The van der Waals surface area contributed by atoms with Gasteiger partial charge in [-0.15, -0.1) is 0 Å². The van der Waals surface area contributed by atoms with Crippen molar-refractivity contribution in [1.29, 1.82) is 0 Å². The third kappa shape index (κ3) is 2.50.